The number of fused-ring (bicyclic) bond motifs is 2. The van der Waals surface area contributed by atoms with E-state index in [0.717, 1.165) is 31.4 Å². The van der Waals surface area contributed by atoms with Crippen molar-refractivity contribution >= 4 is 23.2 Å². The van der Waals surface area contributed by atoms with Gasteiger partial charge < -0.3 is 9.64 Å². The normalized spacial score (nSPS) is 24.0. The molecule has 32 heavy (non-hydrogen) atoms. The molecule has 1 aromatic rings. The third kappa shape index (κ3) is 5.24. The van der Waals surface area contributed by atoms with Crippen LogP contribution in [0.5, 0.6) is 0 Å². The van der Waals surface area contributed by atoms with Gasteiger partial charge in [0.1, 0.15) is 0 Å². The van der Waals surface area contributed by atoms with Gasteiger partial charge in [-0.05, 0) is 54.9 Å². The highest BCUT2D eigenvalue weighted by Gasteiger charge is 2.66. The number of rotatable bonds is 8. The van der Waals surface area contributed by atoms with Crippen molar-refractivity contribution in [1.29, 1.82) is 0 Å². The number of benzene rings is 1. The summed E-state index contributed by atoms with van der Waals surface area (Å²) in [5.74, 6) is 0.0395. The Morgan fingerprint density at radius 3 is 2.16 bits per heavy atom. The molecule has 2 fully saturated rings. The Morgan fingerprint density at radius 2 is 1.75 bits per heavy atom. The molecule has 0 radical (unpaired) electrons. The summed E-state index contributed by atoms with van der Waals surface area (Å²) in [6.45, 7) is 10.9. The van der Waals surface area contributed by atoms with Gasteiger partial charge in [0.25, 0.3) is 0 Å². The Bertz CT molecular complexity index is 811. The third-order valence-electron chi connectivity index (χ3n) is 7.88. The molecule has 0 heterocycles. The predicted octanol–water partition coefficient (Wildman–Crippen LogP) is 5.71. The molecule has 5 heteroatoms. The summed E-state index contributed by atoms with van der Waals surface area (Å²) in [4.78, 5) is 37.0. The second-order valence-corrected chi connectivity index (χ2v) is 10.3. The first-order chi connectivity index (χ1) is 15.0. The Kier molecular flexibility index (Phi) is 8.67. The number of carbonyl (C=O) groups excluding carboxylic acids is 3. The highest BCUT2D eigenvalue weighted by atomic mass is 16.5. The molecule has 2 aliphatic rings. The smallest absolute Gasteiger partial charge is 0.338 e. The molecule has 0 spiro atoms. The van der Waals surface area contributed by atoms with Crippen LogP contribution < -0.4 is 4.90 Å². The monoisotopic (exact) mass is 443 g/mol. The first-order valence-corrected chi connectivity index (χ1v) is 12.0. The first kappa shape index (κ1) is 26.1. The van der Waals surface area contributed by atoms with Crippen LogP contribution in [0.15, 0.2) is 24.3 Å². The van der Waals surface area contributed by atoms with E-state index in [4.69, 9.17) is 4.74 Å². The lowest BCUT2D eigenvalue weighted by molar-refractivity contribution is -0.141. The minimum absolute atomic E-state index is 0.00926. The Hall–Kier alpha value is -2.17. The van der Waals surface area contributed by atoms with E-state index < -0.39 is 0 Å². The zero-order valence-electron chi connectivity index (χ0n) is 21.0. The maximum absolute atomic E-state index is 12.0. The maximum atomic E-state index is 12.0. The summed E-state index contributed by atoms with van der Waals surface area (Å²) in [6, 6.07) is 7.52. The summed E-state index contributed by atoms with van der Waals surface area (Å²) in [6.07, 6.45) is 6.40. The highest BCUT2D eigenvalue weighted by molar-refractivity contribution is 6.43. The van der Waals surface area contributed by atoms with E-state index in [1.165, 1.54) is 12.8 Å². The number of hydrogen-bond donors (Lipinski definition) is 0. The zero-order chi connectivity index (χ0) is 24.1. The van der Waals surface area contributed by atoms with Crippen molar-refractivity contribution in [2.24, 2.45) is 22.7 Å². The number of nitrogens with zero attached hydrogens (tertiary/aromatic N) is 1. The van der Waals surface area contributed by atoms with E-state index in [-0.39, 0.29) is 34.3 Å². The number of anilines is 1. The van der Waals surface area contributed by atoms with Crippen molar-refractivity contribution in [2.45, 2.75) is 73.1 Å². The Morgan fingerprint density at radius 1 is 1.12 bits per heavy atom. The lowest BCUT2D eigenvalue weighted by atomic mass is 9.70. The lowest BCUT2D eigenvalue weighted by Crippen LogP contribution is -2.33. The van der Waals surface area contributed by atoms with E-state index >= 15 is 0 Å². The van der Waals surface area contributed by atoms with Gasteiger partial charge in [0.05, 0.1) is 12.2 Å². The summed E-state index contributed by atoms with van der Waals surface area (Å²) in [7, 11) is 3.96. The van der Waals surface area contributed by atoms with Crippen LogP contribution in [0.3, 0.4) is 0 Å². The van der Waals surface area contributed by atoms with E-state index in [2.05, 4.69) is 13.8 Å². The number of hydrogen-bond acceptors (Lipinski definition) is 5. The van der Waals surface area contributed by atoms with Crippen LogP contribution >= 0.6 is 0 Å². The first-order valence-electron chi connectivity index (χ1n) is 12.0. The molecule has 0 saturated heterocycles. The summed E-state index contributed by atoms with van der Waals surface area (Å²) >= 11 is 0. The molecule has 0 aromatic heterocycles. The quantitative estimate of drug-likeness (QED) is 0.380. The summed E-state index contributed by atoms with van der Waals surface area (Å²) < 4.78 is 5.43. The fourth-order valence-electron chi connectivity index (χ4n) is 4.87. The maximum Gasteiger partial charge on any atom is 0.338 e. The second kappa shape index (κ2) is 10.6. The van der Waals surface area contributed by atoms with Crippen LogP contribution in [-0.4, -0.2) is 38.2 Å². The van der Waals surface area contributed by atoms with Crippen molar-refractivity contribution in [1.82, 2.24) is 0 Å². The van der Waals surface area contributed by atoms with Gasteiger partial charge in [-0.1, -0.05) is 53.9 Å². The van der Waals surface area contributed by atoms with Gasteiger partial charge in [0.2, 0.25) is 11.6 Å². The van der Waals surface area contributed by atoms with Gasteiger partial charge in [-0.15, -0.1) is 0 Å². The number of Topliss-reactive ketones (excluding diaryl/α,β-unsaturated/α-hetero) is 2. The van der Waals surface area contributed by atoms with E-state index in [0.29, 0.717) is 18.1 Å². The summed E-state index contributed by atoms with van der Waals surface area (Å²) in [5, 5.41) is 0. The van der Waals surface area contributed by atoms with E-state index in [9.17, 15) is 14.4 Å². The van der Waals surface area contributed by atoms with Crippen LogP contribution in [0.2, 0.25) is 0 Å². The number of unbranched alkanes of at least 4 members (excludes halogenated alkanes) is 1. The molecule has 0 amide bonds. The molecule has 1 aromatic carbocycles. The molecule has 3 atom stereocenters. The predicted molar refractivity (Wildman–Crippen MR) is 129 cm³/mol. The Labute approximate surface area is 193 Å². The van der Waals surface area contributed by atoms with Crippen LogP contribution in [0.4, 0.5) is 5.69 Å². The molecular weight excluding hydrogens is 402 g/mol. The van der Waals surface area contributed by atoms with Gasteiger partial charge in [0, 0.05) is 31.1 Å². The van der Waals surface area contributed by atoms with Crippen LogP contribution in [0.25, 0.3) is 0 Å². The molecule has 0 N–H and O–H groups in total. The molecular formula is C27H41NO4. The van der Waals surface area contributed by atoms with E-state index in [1.54, 1.807) is 0 Å². The number of ether oxygens (including phenoxy) is 1. The van der Waals surface area contributed by atoms with Gasteiger partial charge in [-0.25, -0.2) is 4.79 Å². The standard InChI is InChI=1S/C17H27NO2.C10H14O2/c1-5-7-8-14(6-2)13-20-17(19)15-9-11-16(12-10-15)18(3)4;1-9(2)6-4-5-10(9,3)8(12)7(6)11/h9-12,14H,5-8,13H2,1-4H3;6H,4-5H2,1-3H3. The molecule has 3 rings (SSSR count). The second-order valence-electron chi connectivity index (χ2n) is 10.3. The van der Waals surface area contributed by atoms with Crippen molar-refractivity contribution < 1.29 is 19.1 Å². The van der Waals surface area contributed by atoms with Gasteiger partial charge >= 0.3 is 5.97 Å². The van der Waals surface area contributed by atoms with Crippen molar-refractivity contribution in [3.05, 3.63) is 29.8 Å². The molecule has 5 nitrogen and oxygen atoms in total. The average molecular weight is 444 g/mol. The van der Waals surface area contributed by atoms with Crippen LogP contribution in [0.1, 0.15) is 83.5 Å². The van der Waals surface area contributed by atoms with E-state index in [1.807, 2.05) is 64.0 Å². The van der Waals surface area contributed by atoms with Crippen LogP contribution in [0, 0.1) is 22.7 Å². The summed E-state index contributed by atoms with van der Waals surface area (Å²) in [5.41, 5.74) is 1.26. The van der Waals surface area contributed by atoms with Gasteiger partial charge in [-0.2, -0.15) is 0 Å². The van der Waals surface area contributed by atoms with Crippen molar-refractivity contribution in [2.75, 3.05) is 25.6 Å². The highest BCUT2D eigenvalue weighted by Crippen LogP contribution is 2.61. The lowest BCUT2D eigenvalue weighted by Gasteiger charge is -2.31. The molecule has 2 aliphatic carbocycles. The SMILES string of the molecule is CC12CCC(C(=O)C1=O)C2(C)C.CCCCC(CC)COC(=O)c1ccc(N(C)C)cc1. The minimum Gasteiger partial charge on any atom is -0.462 e. The van der Waals surface area contributed by atoms with Crippen molar-refractivity contribution in [3.8, 4) is 0 Å². The molecule has 2 saturated carbocycles. The fourth-order valence-corrected chi connectivity index (χ4v) is 4.87. The van der Waals surface area contributed by atoms with Crippen molar-refractivity contribution in [3.63, 3.8) is 0 Å². The molecule has 0 aliphatic heterocycles. The van der Waals surface area contributed by atoms with Gasteiger partial charge in [-0.3, -0.25) is 9.59 Å². The number of carbonyl (C=O) groups is 3. The number of esters is 1. The zero-order valence-corrected chi connectivity index (χ0v) is 21.0. The third-order valence-corrected chi connectivity index (χ3v) is 7.88. The van der Waals surface area contributed by atoms with Gasteiger partial charge in [0.15, 0.2) is 0 Å². The topological polar surface area (TPSA) is 63.7 Å². The molecule has 2 bridgehead atoms. The fraction of sp³-hybridized carbons (Fsp3) is 0.667. The Balaban J connectivity index is 0.000000255. The average Bonchev–Trinajstić information content (AvgIpc) is 3.08. The van der Waals surface area contributed by atoms with Crippen LogP contribution in [-0.2, 0) is 14.3 Å². The largest absolute Gasteiger partial charge is 0.462 e. The number of ketones is 2. The minimum atomic E-state index is -0.352. The molecule has 178 valence electrons. The molecule has 3 unspecified atom stereocenters.